The van der Waals surface area contributed by atoms with E-state index < -0.39 is 17.6 Å². The first-order chi connectivity index (χ1) is 14.8. The molecule has 0 bridgehead atoms. The van der Waals surface area contributed by atoms with Gasteiger partial charge in [-0.3, -0.25) is 4.79 Å². The molecule has 2 aromatic carbocycles. The van der Waals surface area contributed by atoms with Crippen molar-refractivity contribution < 1.29 is 18.0 Å². The molecule has 1 aliphatic carbocycles. The average molecular weight is 450 g/mol. The van der Waals surface area contributed by atoms with Crippen molar-refractivity contribution in [3.63, 3.8) is 0 Å². The molecule has 0 spiro atoms. The van der Waals surface area contributed by atoms with Crippen molar-refractivity contribution in [3.8, 4) is 0 Å². The number of amides is 1. The molecule has 0 aliphatic heterocycles. The Labute approximate surface area is 183 Å². The summed E-state index contributed by atoms with van der Waals surface area (Å²) in [5.74, 6) is -0.0790. The second-order valence-corrected chi connectivity index (χ2v) is 8.45. The zero-order chi connectivity index (χ0) is 22.0. The highest BCUT2D eigenvalue weighted by atomic mass is 35.5. The van der Waals surface area contributed by atoms with Crippen LogP contribution in [0.2, 0.25) is 5.02 Å². The Kier molecular flexibility index (Phi) is 6.14. The Morgan fingerprint density at radius 1 is 1.06 bits per heavy atom. The molecule has 3 aromatic rings. The lowest BCUT2D eigenvalue weighted by atomic mass is 9.86. The summed E-state index contributed by atoms with van der Waals surface area (Å²) in [6.45, 7) is 0.843. The normalized spacial score (nSPS) is 19.4. The van der Waals surface area contributed by atoms with E-state index in [4.69, 9.17) is 11.6 Å². The van der Waals surface area contributed by atoms with Gasteiger partial charge in [0.25, 0.3) is 5.91 Å². The summed E-state index contributed by atoms with van der Waals surface area (Å²) in [4.78, 5) is 15.7. The van der Waals surface area contributed by atoms with E-state index in [1.54, 1.807) is 0 Å². The van der Waals surface area contributed by atoms with Gasteiger partial charge in [0.15, 0.2) is 0 Å². The molecule has 1 aliphatic rings. The lowest BCUT2D eigenvalue weighted by molar-refractivity contribution is -0.137. The molecule has 0 saturated heterocycles. The largest absolute Gasteiger partial charge is 0.416 e. The van der Waals surface area contributed by atoms with E-state index >= 15 is 0 Å². The van der Waals surface area contributed by atoms with Crippen LogP contribution in [0.3, 0.4) is 0 Å². The number of H-pyrrole nitrogens is 1. The lowest BCUT2D eigenvalue weighted by Crippen LogP contribution is -2.38. The van der Waals surface area contributed by atoms with Crippen molar-refractivity contribution >= 4 is 34.1 Å². The van der Waals surface area contributed by atoms with Crippen molar-refractivity contribution in [1.29, 1.82) is 0 Å². The second-order valence-electron chi connectivity index (χ2n) is 8.04. The fourth-order valence-electron chi connectivity index (χ4n) is 4.08. The zero-order valence-electron chi connectivity index (χ0n) is 16.7. The van der Waals surface area contributed by atoms with Gasteiger partial charge in [-0.15, -0.1) is 0 Å². The number of carbonyl (C=O) groups is 1. The molecule has 1 aromatic heterocycles. The van der Waals surface area contributed by atoms with E-state index in [9.17, 15) is 18.0 Å². The van der Waals surface area contributed by atoms with Crippen LogP contribution in [0.15, 0.2) is 48.7 Å². The first-order valence-corrected chi connectivity index (χ1v) is 10.7. The molecule has 8 heteroatoms. The van der Waals surface area contributed by atoms with Crippen molar-refractivity contribution in [1.82, 2.24) is 10.3 Å². The van der Waals surface area contributed by atoms with Crippen molar-refractivity contribution in [2.45, 2.75) is 37.9 Å². The van der Waals surface area contributed by atoms with Gasteiger partial charge in [0.05, 0.1) is 16.1 Å². The second kappa shape index (κ2) is 8.83. The maximum absolute atomic E-state index is 12.9. The summed E-state index contributed by atoms with van der Waals surface area (Å²) in [5.41, 5.74) is 1.15. The highest BCUT2D eigenvalue weighted by Gasteiger charge is 2.32. The summed E-state index contributed by atoms with van der Waals surface area (Å²) in [6, 6.07) is 11.0. The van der Waals surface area contributed by atoms with Crippen LogP contribution in [0.4, 0.5) is 18.9 Å². The lowest BCUT2D eigenvalue weighted by Gasteiger charge is -2.29. The van der Waals surface area contributed by atoms with E-state index in [1.807, 2.05) is 24.4 Å². The van der Waals surface area contributed by atoms with Crippen molar-refractivity contribution in [2.75, 3.05) is 11.9 Å². The van der Waals surface area contributed by atoms with Gasteiger partial charge in [-0.1, -0.05) is 11.6 Å². The SMILES string of the molecule is O=C(N[C@H]1CC[C@H](CNc2ccc3[nH]ccc3c2)CC1)c1cc(C(F)(F)F)ccc1Cl. The van der Waals surface area contributed by atoms with Crippen LogP contribution in [-0.4, -0.2) is 23.5 Å². The number of fused-ring (bicyclic) bond motifs is 1. The van der Waals surface area contributed by atoms with Crippen LogP contribution < -0.4 is 10.6 Å². The minimum atomic E-state index is -4.52. The van der Waals surface area contributed by atoms with Crippen LogP contribution in [0.25, 0.3) is 10.9 Å². The minimum Gasteiger partial charge on any atom is -0.385 e. The number of alkyl halides is 3. The highest BCUT2D eigenvalue weighted by Crippen LogP contribution is 2.32. The monoisotopic (exact) mass is 449 g/mol. The summed E-state index contributed by atoms with van der Waals surface area (Å²) in [7, 11) is 0. The number of hydrogen-bond donors (Lipinski definition) is 3. The molecule has 1 amide bonds. The molecule has 4 rings (SSSR count). The van der Waals surface area contributed by atoms with E-state index in [0.29, 0.717) is 5.92 Å². The molecule has 1 fully saturated rings. The molecule has 164 valence electrons. The van der Waals surface area contributed by atoms with E-state index in [-0.39, 0.29) is 16.6 Å². The maximum Gasteiger partial charge on any atom is 0.416 e. The van der Waals surface area contributed by atoms with Gasteiger partial charge in [0, 0.05) is 35.4 Å². The van der Waals surface area contributed by atoms with Gasteiger partial charge in [-0.05, 0) is 74.1 Å². The van der Waals surface area contributed by atoms with Gasteiger partial charge in [0.1, 0.15) is 0 Å². The third-order valence-corrected chi connectivity index (χ3v) is 6.20. The number of benzene rings is 2. The predicted octanol–water partition coefficient (Wildman–Crippen LogP) is 6.24. The van der Waals surface area contributed by atoms with Crippen LogP contribution >= 0.6 is 11.6 Å². The Morgan fingerprint density at radius 2 is 1.84 bits per heavy atom. The fraction of sp³-hybridized carbons (Fsp3) is 0.348. The summed E-state index contributed by atoms with van der Waals surface area (Å²) >= 11 is 5.97. The minimum absolute atomic E-state index is 0.0165. The Hall–Kier alpha value is -2.67. The number of aromatic nitrogens is 1. The zero-order valence-corrected chi connectivity index (χ0v) is 17.5. The smallest absolute Gasteiger partial charge is 0.385 e. The quantitative estimate of drug-likeness (QED) is 0.431. The predicted molar refractivity (Wildman–Crippen MR) is 116 cm³/mol. The van der Waals surface area contributed by atoms with Crippen LogP contribution in [0, 0.1) is 5.92 Å². The van der Waals surface area contributed by atoms with Crippen LogP contribution in [0.5, 0.6) is 0 Å². The number of rotatable bonds is 5. The topological polar surface area (TPSA) is 56.9 Å². The molecular weight excluding hydrogens is 427 g/mol. The van der Waals surface area contributed by atoms with Gasteiger partial charge < -0.3 is 15.6 Å². The third-order valence-electron chi connectivity index (χ3n) is 5.87. The molecule has 0 atom stereocenters. The van der Waals surface area contributed by atoms with E-state index in [2.05, 4.69) is 21.7 Å². The van der Waals surface area contributed by atoms with Gasteiger partial charge in [-0.25, -0.2) is 0 Å². The molecule has 1 saturated carbocycles. The summed E-state index contributed by atoms with van der Waals surface area (Å²) in [5, 5.41) is 7.51. The van der Waals surface area contributed by atoms with Crippen molar-refractivity contribution in [3.05, 3.63) is 64.8 Å². The number of aromatic amines is 1. The highest BCUT2D eigenvalue weighted by molar-refractivity contribution is 6.33. The molecule has 3 N–H and O–H groups in total. The fourth-order valence-corrected chi connectivity index (χ4v) is 4.28. The van der Waals surface area contributed by atoms with Crippen LogP contribution in [-0.2, 0) is 6.18 Å². The van der Waals surface area contributed by atoms with E-state index in [1.165, 1.54) is 0 Å². The number of nitrogens with one attached hydrogen (secondary N) is 3. The number of anilines is 1. The number of hydrogen-bond acceptors (Lipinski definition) is 2. The number of halogens is 4. The summed E-state index contributed by atoms with van der Waals surface area (Å²) < 4.78 is 38.8. The molecule has 31 heavy (non-hydrogen) atoms. The first kappa shape index (κ1) is 21.6. The number of carbonyl (C=O) groups excluding carboxylic acids is 1. The average Bonchev–Trinajstić information content (AvgIpc) is 3.20. The summed E-state index contributed by atoms with van der Waals surface area (Å²) in [6.07, 6.45) is 0.825. The standard InChI is InChI=1S/C23H23ClF3N3O/c24-20-7-3-16(23(25,26)27)12-19(20)22(31)30-17-4-1-14(2-5-17)13-29-18-6-8-21-15(11-18)9-10-28-21/h3,6-12,14,17,28-29H,1-2,4-5,13H2,(H,30,31)/t14-,17-. The molecule has 0 unspecified atom stereocenters. The molecular formula is C23H23ClF3N3O. The molecule has 0 radical (unpaired) electrons. The molecule has 4 nitrogen and oxygen atoms in total. The van der Waals surface area contributed by atoms with Gasteiger partial charge >= 0.3 is 6.18 Å². The van der Waals surface area contributed by atoms with Crippen LogP contribution in [0.1, 0.15) is 41.6 Å². The Morgan fingerprint density at radius 3 is 2.58 bits per heavy atom. The van der Waals surface area contributed by atoms with Crippen molar-refractivity contribution in [2.24, 2.45) is 5.92 Å². The van der Waals surface area contributed by atoms with Gasteiger partial charge in [-0.2, -0.15) is 13.2 Å². The Bertz CT molecular complexity index is 1070. The van der Waals surface area contributed by atoms with Gasteiger partial charge in [0.2, 0.25) is 0 Å². The third kappa shape index (κ3) is 5.15. The maximum atomic E-state index is 12.9. The first-order valence-electron chi connectivity index (χ1n) is 10.3. The molecule has 1 heterocycles. The van der Waals surface area contributed by atoms with E-state index in [0.717, 1.165) is 67.0 Å². The Balaban J connectivity index is 1.28.